The van der Waals surface area contributed by atoms with Crippen molar-refractivity contribution >= 4 is 29.9 Å². The predicted octanol–water partition coefficient (Wildman–Crippen LogP) is 1.70. The van der Waals surface area contributed by atoms with E-state index in [9.17, 15) is 9.59 Å². The summed E-state index contributed by atoms with van der Waals surface area (Å²) >= 11 is 0. The number of hydrogen-bond acceptors (Lipinski definition) is 3. The van der Waals surface area contributed by atoms with Gasteiger partial charge in [-0.25, -0.2) is 0 Å². The molecular weight excluding hydrogens is 278 g/mol. The lowest BCUT2D eigenvalue weighted by molar-refractivity contribution is -0.116. The first-order chi connectivity index (χ1) is 9.19. The fourth-order valence-electron chi connectivity index (χ4n) is 1.53. The quantitative estimate of drug-likeness (QED) is 0.670. The van der Waals surface area contributed by atoms with Gasteiger partial charge in [0.2, 0.25) is 5.91 Å². The fourth-order valence-corrected chi connectivity index (χ4v) is 1.53. The second kappa shape index (κ2) is 10.00. The van der Waals surface area contributed by atoms with E-state index in [-0.39, 0.29) is 24.2 Å². The van der Waals surface area contributed by atoms with E-state index < -0.39 is 0 Å². The molecular formula is C14H20ClN3O2. The van der Waals surface area contributed by atoms with Gasteiger partial charge in [-0.05, 0) is 25.1 Å². The third-order valence-corrected chi connectivity index (χ3v) is 2.46. The van der Waals surface area contributed by atoms with Crippen LogP contribution in [0.2, 0.25) is 0 Å². The summed E-state index contributed by atoms with van der Waals surface area (Å²) in [5.41, 5.74) is 6.29. The first-order valence-corrected chi connectivity index (χ1v) is 6.17. The molecule has 2 amide bonds. The lowest BCUT2D eigenvalue weighted by atomic mass is 10.1. The van der Waals surface area contributed by atoms with E-state index in [1.807, 2.05) is 0 Å². The van der Waals surface area contributed by atoms with Gasteiger partial charge in [0.05, 0.1) is 11.3 Å². The molecule has 0 aliphatic carbocycles. The topological polar surface area (TPSA) is 84.2 Å². The molecule has 20 heavy (non-hydrogen) atoms. The first-order valence-electron chi connectivity index (χ1n) is 6.17. The van der Waals surface area contributed by atoms with Crippen LogP contribution < -0.4 is 16.4 Å². The predicted molar refractivity (Wildman–Crippen MR) is 83.1 cm³/mol. The summed E-state index contributed by atoms with van der Waals surface area (Å²) in [6.45, 7) is 4.38. The minimum atomic E-state index is -0.241. The largest absolute Gasteiger partial charge is 0.349 e. The number of para-hydroxylation sites is 1. The highest BCUT2D eigenvalue weighted by atomic mass is 35.5. The van der Waals surface area contributed by atoms with Crippen LogP contribution in [0.15, 0.2) is 36.9 Å². The second-order valence-corrected chi connectivity index (χ2v) is 3.98. The zero-order valence-electron chi connectivity index (χ0n) is 11.2. The number of carbonyl (C=O) groups excluding carboxylic acids is 2. The highest BCUT2D eigenvalue weighted by Gasteiger charge is 2.11. The SMILES string of the molecule is C=CCNC(=O)c1ccccc1NC(=O)CCCN.Cl. The van der Waals surface area contributed by atoms with Gasteiger partial charge >= 0.3 is 0 Å². The standard InChI is InChI=1S/C14H19N3O2.ClH/c1-2-10-16-14(19)11-6-3-4-7-12(11)17-13(18)8-5-9-15;/h2-4,6-7H,1,5,8-10,15H2,(H,16,19)(H,17,18);1H. The molecule has 110 valence electrons. The molecule has 5 nitrogen and oxygen atoms in total. The molecule has 0 fully saturated rings. The summed E-state index contributed by atoms with van der Waals surface area (Å²) in [6, 6.07) is 6.88. The molecule has 0 aliphatic heterocycles. The zero-order chi connectivity index (χ0) is 14.1. The maximum atomic E-state index is 11.9. The van der Waals surface area contributed by atoms with Crippen molar-refractivity contribution in [3.05, 3.63) is 42.5 Å². The van der Waals surface area contributed by atoms with E-state index >= 15 is 0 Å². The average Bonchev–Trinajstić information content (AvgIpc) is 2.43. The Labute approximate surface area is 125 Å². The molecule has 1 aromatic rings. The molecule has 0 radical (unpaired) electrons. The summed E-state index contributed by atoms with van der Waals surface area (Å²) in [6.07, 6.45) is 2.57. The van der Waals surface area contributed by atoms with E-state index in [2.05, 4.69) is 17.2 Å². The van der Waals surface area contributed by atoms with Crippen LogP contribution in [-0.4, -0.2) is 24.9 Å². The van der Waals surface area contributed by atoms with Crippen LogP contribution in [0.4, 0.5) is 5.69 Å². The fraction of sp³-hybridized carbons (Fsp3) is 0.286. The van der Waals surface area contributed by atoms with Crippen molar-refractivity contribution in [2.24, 2.45) is 5.73 Å². The minimum absolute atomic E-state index is 0. The van der Waals surface area contributed by atoms with E-state index in [1.165, 1.54) is 0 Å². The Morgan fingerprint density at radius 2 is 2.00 bits per heavy atom. The molecule has 0 heterocycles. The van der Waals surface area contributed by atoms with Gasteiger partial charge in [0.25, 0.3) is 5.91 Å². The number of halogens is 1. The maximum Gasteiger partial charge on any atom is 0.253 e. The smallest absolute Gasteiger partial charge is 0.253 e. The van der Waals surface area contributed by atoms with Crippen molar-refractivity contribution in [2.45, 2.75) is 12.8 Å². The first kappa shape index (κ1) is 18.1. The van der Waals surface area contributed by atoms with E-state index in [0.717, 1.165) is 0 Å². The number of hydrogen-bond donors (Lipinski definition) is 3. The van der Waals surface area contributed by atoms with Crippen LogP contribution in [0.1, 0.15) is 23.2 Å². The zero-order valence-corrected chi connectivity index (χ0v) is 12.0. The molecule has 0 spiro atoms. The number of benzene rings is 1. The van der Waals surface area contributed by atoms with Gasteiger partial charge in [-0.3, -0.25) is 9.59 Å². The van der Waals surface area contributed by atoms with Crippen LogP contribution in [0.5, 0.6) is 0 Å². The molecule has 0 saturated heterocycles. The van der Waals surface area contributed by atoms with E-state index in [1.54, 1.807) is 30.3 Å². The number of rotatable bonds is 7. The second-order valence-electron chi connectivity index (χ2n) is 3.98. The summed E-state index contributed by atoms with van der Waals surface area (Å²) in [5, 5.41) is 5.40. The van der Waals surface area contributed by atoms with Crippen LogP contribution in [-0.2, 0) is 4.79 Å². The highest BCUT2D eigenvalue weighted by Crippen LogP contribution is 2.15. The molecule has 0 unspecified atom stereocenters. The molecule has 0 bridgehead atoms. The molecule has 0 aromatic heterocycles. The summed E-state index contributed by atoms with van der Waals surface area (Å²) in [7, 11) is 0. The number of nitrogens with one attached hydrogen (secondary N) is 2. The summed E-state index contributed by atoms with van der Waals surface area (Å²) in [4.78, 5) is 23.5. The lowest BCUT2D eigenvalue weighted by Gasteiger charge is -2.10. The van der Waals surface area contributed by atoms with Crippen molar-refractivity contribution in [1.29, 1.82) is 0 Å². The van der Waals surface area contributed by atoms with Crippen molar-refractivity contribution in [3.63, 3.8) is 0 Å². The van der Waals surface area contributed by atoms with Crippen molar-refractivity contribution in [2.75, 3.05) is 18.4 Å². The van der Waals surface area contributed by atoms with Crippen LogP contribution >= 0.6 is 12.4 Å². The van der Waals surface area contributed by atoms with Crippen molar-refractivity contribution < 1.29 is 9.59 Å². The van der Waals surface area contributed by atoms with Crippen molar-refractivity contribution in [1.82, 2.24) is 5.32 Å². The number of anilines is 1. The van der Waals surface area contributed by atoms with Gasteiger partial charge < -0.3 is 16.4 Å². The Bertz CT molecular complexity index is 463. The average molecular weight is 298 g/mol. The third kappa shape index (κ3) is 5.86. The van der Waals surface area contributed by atoms with Gasteiger partial charge in [0.15, 0.2) is 0 Å². The van der Waals surface area contributed by atoms with Crippen LogP contribution in [0.25, 0.3) is 0 Å². The Kier molecular flexibility index (Phi) is 9.07. The van der Waals surface area contributed by atoms with Gasteiger partial charge in [-0.15, -0.1) is 19.0 Å². The van der Waals surface area contributed by atoms with Gasteiger partial charge in [0.1, 0.15) is 0 Å². The van der Waals surface area contributed by atoms with Gasteiger partial charge in [0, 0.05) is 13.0 Å². The summed E-state index contributed by atoms with van der Waals surface area (Å²) < 4.78 is 0. The van der Waals surface area contributed by atoms with Crippen LogP contribution in [0.3, 0.4) is 0 Å². The number of nitrogens with two attached hydrogens (primary N) is 1. The highest BCUT2D eigenvalue weighted by molar-refractivity contribution is 6.03. The Morgan fingerprint density at radius 3 is 2.65 bits per heavy atom. The molecule has 0 atom stereocenters. The summed E-state index contributed by atoms with van der Waals surface area (Å²) in [5.74, 6) is -0.385. The molecule has 6 heteroatoms. The minimum Gasteiger partial charge on any atom is -0.349 e. The third-order valence-electron chi connectivity index (χ3n) is 2.46. The van der Waals surface area contributed by atoms with Gasteiger partial charge in [-0.1, -0.05) is 18.2 Å². The van der Waals surface area contributed by atoms with Crippen LogP contribution in [0, 0.1) is 0 Å². The van der Waals surface area contributed by atoms with Crippen molar-refractivity contribution in [3.8, 4) is 0 Å². The Balaban J connectivity index is 0.00000361. The molecule has 0 aliphatic rings. The lowest BCUT2D eigenvalue weighted by Crippen LogP contribution is -2.25. The normalized spacial score (nSPS) is 9.25. The number of carbonyl (C=O) groups is 2. The monoisotopic (exact) mass is 297 g/mol. The molecule has 1 aromatic carbocycles. The molecule has 0 saturated carbocycles. The van der Waals surface area contributed by atoms with E-state index in [4.69, 9.17) is 5.73 Å². The molecule has 4 N–H and O–H groups in total. The van der Waals surface area contributed by atoms with Gasteiger partial charge in [-0.2, -0.15) is 0 Å². The molecule has 1 rings (SSSR count). The Morgan fingerprint density at radius 1 is 1.30 bits per heavy atom. The maximum absolute atomic E-state index is 11.9. The number of amides is 2. The Hall–Kier alpha value is -1.85. The van der Waals surface area contributed by atoms with E-state index in [0.29, 0.717) is 37.2 Å².